The van der Waals surface area contributed by atoms with Gasteiger partial charge < -0.3 is 0 Å². The van der Waals surface area contributed by atoms with E-state index in [4.69, 9.17) is 9.98 Å². The molecular weight excluding hydrogens is 332 g/mol. The molecule has 0 spiro atoms. The summed E-state index contributed by atoms with van der Waals surface area (Å²) in [5.74, 6) is 3.64. The van der Waals surface area contributed by atoms with Gasteiger partial charge in [0.2, 0.25) is 0 Å². The number of pyridine rings is 1. The lowest BCUT2D eigenvalue weighted by Gasteiger charge is -2.38. The van der Waals surface area contributed by atoms with Crippen molar-refractivity contribution in [2.45, 2.75) is 96.8 Å². The van der Waals surface area contributed by atoms with Crippen LogP contribution in [0.4, 0.5) is 0 Å². The number of nitrogens with zero attached hydrogens (tertiary/aromatic N) is 2. The fraction of sp³-hybridized carbons (Fsp3) is 0.652. The van der Waals surface area contributed by atoms with Crippen molar-refractivity contribution in [3.05, 3.63) is 28.1 Å². The van der Waals surface area contributed by atoms with E-state index in [0.29, 0.717) is 16.6 Å². The standard InChI is InChI=1S/C23H34N2Si/c1-15(2)26(16(3)4,17(5)6)13-12-21-19-11-9-10-18(19)20-14-24-23(7,8)22(20)25-21/h14-17H,9-11H2,1-8H3. The van der Waals surface area contributed by atoms with Crippen LogP contribution in [0, 0.1) is 11.5 Å². The van der Waals surface area contributed by atoms with Crippen LogP contribution in [-0.2, 0) is 18.4 Å². The molecule has 1 aromatic heterocycles. The molecule has 26 heavy (non-hydrogen) atoms. The van der Waals surface area contributed by atoms with E-state index in [-0.39, 0.29) is 5.54 Å². The van der Waals surface area contributed by atoms with E-state index in [9.17, 15) is 0 Å². The molecule has 0 radical (unpaired) electrons. The van der Waals surface area contributed by atoms with Crippen LogP contribution in [0.2, 0.25) is 16.6 Å². The molecule has 3 heteroatoms. The molecule has 2 aliphatic rings. The van der Waals surface area contributed by atoms with Crippen molar-refractivity contribution in [1.29, 1.82) is 0 Å². The molecular formula is C23H34N2Si. The number of fused-ring (bicyclic) bond motifs is 3. The monoisotopic (exact) mass is 366 g/mol. The third-order valence-electron chi connectivity index (χ3n) is 6.67. The maximum absolute atomic E-state index is 5.08. The molecule has 0 N–H and O–H groups in total. The van der Waals surface area contributed by atoms with Crippen molar-refractivity contribution >= 4 is 14.3 Å². The van der Waals surface area contributed by atoms with Crippen LogP contribution in [-0.4, -0.2) is 19.3 Å². The van der Waals surface area contributed by atoms with Crippen LogP contribution in [0.3, 0.4) is 0 Å². The normalized spacial score (nSPS) is 17.7. The molecule has 0 fully saturated rings. The first-order valence-electron chi connectivity index (χ1n) is 10.3. The quantitative estimate of drug-likeness (QED) is 0.489. The van der Waals surface area contributed by atoms with Crippen LogP contribution in [0.1, 0.15) is 89.9 Å². The minimum Gasteiger partial charge on any atom is -0.280 e. The van der Waals surface area contributed by atoms with Crippen molar-refractivity contribution in [3.63, 3.8) is 0 Å². The molecule has 0 bridgehead atoms. The third kappa shape index (κ3) is 2.87. The predicted octanol–water partition coefficient (Wildman–Crippen LogP) is 5.81. The average molecular weight is 367 g/mol. The van der Waals surface area contributed by atoms with Crippen LogP contribution >= 0.6 is 0 Å². The highest BCUT2D eigenvalue weighted by molar-refractivity contribution is 6.90. The number of rotatable bonds is 3. The molecule has 0 aromatic carbocycles. The molecule has 3 rings (SSSR count). The van der Waals surface area contributed by atoms with Gasteiger partial charge in [-0.3, -0.25) is 4.99 Å². The van der Waals surface area contributed by atoms with Crippen LogP contribution in [0.5, 0.6) is 0 Å². The summed E-state index contributed by atoms with van der Waals surface area (Å²) in [5, 5.41) is 0. The summed E-state index contributed by atoms with van der Waals surface area (Å²) in [6.07, 6.45) is 5.54. The van der Waals surface area contributed by atoms with Gasteiger partial charge in [-0.25, -0.2) is 4.98 Å². The van der Waals surface area contributed by atoms with Crippen LogP contribution in [0.15, 0.2) is 4.99 Å². The van der Waals surface area contributed by atoms with Gasteiger partial charge in [-0.1, -0.05) is 47.5 Å². The van der Waals surface area contributed by atoms with Gasteiger partial charge in [0.15, 0.2) is 0 Å². The van der Waals surface area contributed by atoms with Gasteiger partial charge >= 0.3 is 0 Å². The van der Waals surface area contributed by atoms with E-state index in [1.807, 2.05) is 0 Å². The largest absolute Gasteiger partial charge is 0.280 e. The van der Waals surface area contributed by atoms with Crippen molar-refractivity contribution in [3.8, 4) is 11.5 Å². The van der Waals surface area contributed by atoms with Crippen molar-refractivity contribution in [2.75, 3.05) is 0 Å². The number of hydrogen-bond acceptors (Lipinski definition) is 2. The zero-order valence-corrected chi connectivity index (χ0v) is 18.8. The fourth-order valence-corrected chi connectivity index (χ4v) is 10.5. The highest BCUT2D eigenvalue weighted by Crippen LogP contribution is 2.41. The molecule has 1 aliphatic heterocycles. The predicted molar refractivity (Wildman–Crippen MR) is 115 cm³/mol. The smallest absolute Gasteiger partial charge is 0.146 e. The Morgan fingerprint density at radius 3 is 2.12 bits per heavy atom. The lowest BCUT2D eigenvalue weighted by molar-refractivity contribution is 0.552. The number of aromatic nitrogens is 1. The Bertz CT molecular complexity index is 782. The Hall–Kier alpha value is -1.40. The van der Waals surface area contributed by atoms with Gasteiger partial charge in [-0.05, 0) is 60.9 Å². The first-order valence-corrected chi connectivity index (χ1v) is 12.5. The number of hydrogen-bond donors (Lipinski definition) is 0. The maximum atomic E-state index is 5.08. The highest BCUT2D eigenvalue weighted by Gasteiger charge is 2.42. The Morgan fingerprint density at radius 2 is 1.54 bits per heavy atom. The SMILES string of the molecule is CC(C)[Si](C#Cc1nc2c(c3c1CCC3)C=NC2(C)C)(C(C)C)C(C)C. The second-order valence-electron chi connectivity index (χ2n) is 9.50. The summed E-state index contributed by atoms with van der Waals surface area (Å²) in [6.45, 7) is 18.6. The molecule has 0 saturated carbocycles. The molecule has 0 saturated heterocycles. The molecule has 140 valence electrons. The minimum absolute atomic E-state index is 0.216. The zero-order chi connectivity index (χ0) is 19.3. The minimum atomic E-state index is -1.74. The Morgan fingerprint density at radius 1 is 0.962 bits per heavy atom. The Labute approximate surface area is 160 Å². The third-order valence-corrected chi connectivity index (χ3v) is 13.0. The Balaban J connectivity index is 2.16. The van der Waals surface area contributed by atoms with E-state index in [2.05, 4.69) is 73.1 Å². The van der Waals surface area contributed by atoms with Crippen molar-refractivity contribution < 1.29 is 0 Å². The van der Waals surface area contributed by atoms with Gasteiger partial charge in [-0.2, -0.15) is 0 Å². The second kappa shape index (κ2) is 6.64. The second-order valence-corrected chi connectivity index (χ2v) is 15.1. The van der Waals surface area contributed by atoms with Crippen molar-refractivity contribution in [2.24, 2.45) is 4.99 Å². The van der Waals surface area contributed by atoms with Crippen LogP contribution in [0.25, 0.3) is 0 Å². The van der Waals surface area contributed by atoms with E-state index in [1.165, 1.54) is 23.1 Å². The first kappa shape index (κ1) is 19.4. The molecule has 0 amide bonds. The molecule has 0 unspecified atom stereocenters. The van der Waals surface area contributed by atoms with Gasteiger partial charge in [0.25, 0.3) is 0 Å². The van der Waals surface area contributed by atoms with Gasteiger partial charge in [0.1, 0.15) is 13.8 Å². The molecule has 2 heterocycles. The summed E-state index contributed by atoms with van der Waals surface area (Å²) in [4.78, 5) is 9.80. The zero-order valence-electron chi connectivity index (χ0n) is 17.8. The van der Waals surface area contributed by atoms with E-state index in [0.717, 1.165) is 24.2 Å². The van der Waals surface area contributed by atoms with E-state index in [1.54, 1.807) is 0 Å². The molecule has 1 aromatic rings. The molecule has 1 aliphatic carbocycles. The lowest BCUT2D eigenvalue weighted by atomic mass is 9.94. The van der Waals surface area contributed by atoms with Gasteiger partial charge in [0, 0.05) is 11.8 Å². The fourth-order valence-electron chi connectivity index (χ4n) is 5.28. The van der Waals surface area contributed by atoms with Gasteiger partial charge in [0.05, 0.1) is 11.2 Å². The average Bonchev–Trinajstić information content (AvgIpc) is 3.12. The highest BCUT2D eigenvalue weighted by atomic mass is 28.3. The summed E-state index contributed by atoms with van der Waals surface area (Å²) < 4.78 is 0. The van der Waals surface area contributed by atoms with E-state index >= 15 is 0 Å². The lowest BCUT2D eigenvalue weighted by Crippen LogP contribution is -2.43. The summed E-state index contributed by atoms with van der Waals surface area (Å²) >= 11 is 0. The summed E-state index contributed by atoms with van der Waals surface area (Å²) in [6, 6.07) is 0. The van der Waals surface area contributed by atoms with Gasteiger partial charge in [-0.15, -0.1) is 5.54 Å². The maximum Gasteiger partial charge on any atom is 0.146 e. The summed E-state index contributed by atoms with van der Waals surface area (Å²) in [7, 11) is -1.74. The summed E-state index contributed by atoms with van der Waals surface area (Å²) in [5.41, 5.74) is 12.0. The topological polar surface area (TPSA) is 25.2 Å². The van der Waals surface area contributed by atoms with E-state index < -0.39 is 8.07 Å². The molecule has 0 atom stereocenters. The van der Waals surface area contributed by atoms with Crippen LogP contribution < -0.4 is 0 Å². The Kier molecular flexibility index (Phi) is 4.94. The first-order chi connectivity index (χ1) is 12.1. The molecule has 2 nitrogen and oxygen atoms in total. The number of aliphatic imine (C=N–C) groups is 1. The van der Waals surface area contributed by atoms with Crippen molar-refractivity contribution in [1.82, 2.24) is 4.98 Å².